The van der Waals surface area contributed by atoms with Crippen LogP contribution in [0.5, 0.6) is 5.75 Å². The minimum absolute atomic E-state index is 0.0181. The molecule has 2 unspecified atom stereocenters. The molecule has 0 fully saturated rings. The normalized spacial score (nSPS) is 13.2. The van der Waals surface area contributed by atoms with E-state index in [1.165, 1.54) is 4.90 Å². The Balaban J connectivity index is 2.57. The van der Waals surface area contributed by atoms with E-state index in [0.717, 1.165) is 11.1 Å². The number of nitrogens with one attached hydrogen (secondary N) is 2. The number of alkyl carbamates (subject to hydrolysis) is 1. The third-order valence-corrected chi connectivity index (χ3v) is 6.09. The van der Waals surface area contributed by atoms with Gasteiger partial charge in [0.2, 0.25) is 5.91 Å². The molecule has 2 aromatic carbocycles. The highest BCUT2D eigenvalue weighted by Crippen LogP contribution is 2.33. The Morgan fingerprint density at radius 3 is 2.08 bits per heavy atom. The fraction of sp³-hybridized carbons (Fsp3) is 0.483. The second-order valence-corrected chi connectivity index (χ2v) is 11.6. The van der Waals surface area contributed by atoms with Gasteiger partial charge in [-0.15, -0.1) is 0 Å². The highest BCUT2D eigenvalue weighted by Gasteiger charge is 2.42. The van der Waals surface area contributed by atoms with Crippen molar-refractivity contribution in [3.8, 4) is 5.75 Å². The molecule has 0 aliphatic heterocycles. The van der Waals surface area contributed by atoms with Gasteiger partial charge in [-0.3, -0.25) is 9.59 Å². The van der Waals surface area contributed by atoms with E-state index in [-0.39, 0.29) is 11.7 Å². The van der Waals surface area contributed by atoms with Crippen LogP contribution in [0.2, 0.25) is 0 Å². The summed E-state index contributed by atoms with van der Waals surface area (Å²) in [6.45, 7) is 14.6. The van der Waals surface area contributed by atoms with Gasteiger partial charge in [-0.05, 0) is 90.8 Å². The number of benzene rings is 2. The first-order valence-corrected chi connectivity index (χ1v) is 13.2. The minimum atomic E-state index is -1.02. The number of ether oxygens (including phenoxy) is 2. The van der Waals surface area contributed by atoms with Crippen molar-refractivity contribution in [2.75, 3.05) is 18.2 Å². The molecule has 0 aliphatic carbocycles. The molecule has 0 heterocycles. The lowest BCUT2D eigenvalue weighted by Gasteiger charge is -2.43. The predicted octanol–water partition coefficient (Wildman–Crippen LogP) is 5.44. The molecule has 0 saturated carbocycles. The van der Waals surface area contributed by atoms with Crippen LogP contribution in [0.15, 0.2) is 42.5 Å². The van der Waals surface area contributed by atoms with Crippen LogP contribution in [0, 0.1) is 13.8 Å². The van der Waals surface area contributed by atoms with E-state index < -0.39 is 35.2 Å². The Hall–Kier alpha value is -3.20. The molecule has 0 spiro atoms. The van der Waals surface area contributed by atoms with Crippen LogP contribution in [0.25, 0.3) is 0 Å². The van der Waals surface area contributed by atoms with Gasteiger partial charge in [0.05, 0.1) is 7.11 Å². The topological polar surface area (TPSA) is 97.0 Å². The molecule has 0 saturated heterocycles. The Bertz CT molecular complexity index is 1140. The second kappa shape index (κ2) is 12.6. The molecule has 3 amide bonds. The maximum absolute atomic E-state index is 14.1. The third-order valence-electron chi connectivity index (χ3n) is 5.73. The van der Waals surface area contributed by atoms with Crippen molar-refractivity contribution in [1.29, 1.82) is 0 Å². The summed E-state index contributed by atoms with van der Waals surface area (Å²) in [6, 6.07) is 10.8. The number of carbonyl (C=O) groups excluding carboxylic acids is 3. The zero-order chi connectivity index (χ0) is 28.8. The maximum atomic E-state index is 14.1. The highest BCUT2D eigenvalue weighted by atomic mass is 32.1. The third kappa shape index (κ3) is 8.41. The standard InChI is InChI=1S/C29H41N3O5S/c1-18-10-11-19(2)22(16-18)24(25(33)30-20-12-14-21(36-9)15-13-20)32(28(3,4)5)26(34)23(17-38)31-27(35)37-29(6,7)8/h10-16,23-24,38H,17H2,1-9H3,(H,30,33)(H,31,35). The molecule has 0 aliphatic rings. The van der Waals surface area contributed by atoms with E-state index in [4.69, 9.17) is 9.47 Å². The predicted molar refractivity (Wildman–Crippen MR) is 154 cm³/mol. The van der Waals surface area contributed by atoms with Crippen LogP contribution < -0.4 is 15.4 Å². The van der Waals surface area contributed by atoms with Gasteiger partial charge in [0.25, 0.3) is 5.91 Å². The average molecular weight is 544 g/mol. The molecule has 2 aromatic rings. The van der Waals surface area contributed by atoms with Crippen LogP contribution in [0.1, 0.15) is 64.3 Å². The molecular weight excluding hydrogens is 502 g/mol. The van der Waals surface area contributed by atoms with Gasteiger partial charge in [0.15, 0.2) is 0 Å². The Kier molecular flexibility index (Phi) is 10.3. The number of nitrogens with zero attached hydrogens (tertiary/aromatic N) is 1. The molecule has 2 rings (SSSR count). The van der Waals surface area contributed by atoms with E-state index in [1.54, 1.807) is 52.1 Å². The lowest BCUT2D eigenvalue weighted by molar-refractivity contribution is -0.146. The Labute approximate surface area is 231 Å². The summed E-state index contributed by atoms with van der Waals surface area (Å²) >= 11 is 4.34. The summed E-state index contributed by atoms with van der Waals surface area (Å²) in [5.74, 6) is -0.161. The van der Waals surface area contributed by atoms with Gasteiger partial charge in [0, 0.05) is 17.0 Å². The van der Waals surface area contributed by atoms with Crippen molar-refractivity contribution in [3.05, 3.63) is 59.2 Å². The number of carbonyl (C=O) groups is 3. The number of thiol groups is 1. The number of aryl methyl sites for hydroxylation is 2. The molecule has 0 bridgehead atoms. The first-order valence-electron chi connectivity index (χ1n) is 12.5. The average Bonchev–Trinajstić information content (AvgIpc) is 2.80. The van der Waals surface area contributed by atoms with Crippen molar-refractivity contribution in [1.82, 2.24) is 10.2 Å². The minimum Gasteiger partial charge on any atom is -0.497 e. The highest BCUT2D eigenvalue weighted by molar-refractivity contribution is 7.80. The molecule has 9 heteroatoms. The van der Waals surface area contributed by atoms with E-state index >= 15 is 0 Å². The van der Waals surface area contributed by atoms with Crippen LogP contribution >= 0.6 is 12.6 Å². The molecule has 0 aromatic heterocycles. The van der Waals surface area contributed by atoms with Crippen molar-refractivity contribution in [3.63, 3.8) is 0 Å². The van der Waals surface area contributed by atoms with E-state index in [2.05, 4.69) is 23.3 Å². The number of anilines is 1. The first-order chi connectivity index (χ1) is 17.6. The van der Waals surface area contributed by atoms with Crippen LogP contribution in [-0.4, -0.2) is 52.9 Å². The van der Waals surface area contributed by atoms with Gasteiger partial charge in [0.1, 0.15) is 23.4 Å². The summed E-state index contributed by atoms with van der Waals surface area (Å²) in [7, 11) is 1.57. The van der Waals surface area contributed by atoms with Crippen molar-refractivity contribution < 1.29 is 23.9 Å². The molecule has 38 heavy (non-hydrogen) atoms. The fourth-order valence-electron chi connectivity index (χ4n) is 3.99. The smallest absolute Gasteiger partial charge is 0.408 e. The zero-order valence-electron chi connectivity index (χ0n) is 23.8. The number of hydrogen-bond donors (Lipinski definition) is 3. The molecular formula is C29H41N3O5S. The van der Waals surface area contributed by atoms with Crippen molar-refractivity contribution in [2.45, 2.75) is 78.6 Å². The number of methoxy groups -OCH3 is 1. The van der Waals surface area contributed by atoms with Crippen LogP contribution in [0.4, 0.5) is 10.5 Å². The van der Waals surface area contributed by atoms with E-state index in [0.29, 0.717) is 17.0 Å². The summed E-state index contributed by atoms with van der Waals surface area (Å²) in [6.07, 6.45) is -0.732. The van der Waals surface area contributed by atoms with Crippen LogP contribution in [0.3, 0.4) is 0 Å². The Morgan fingerprint density at radius 2 is 1.58 bits per heavy atom. The van der Waals surface area contributed by atoms with Gasteiger partial charge in [-0.1, -0.05) is 23.8 Å². The monoisotopic (exact) mass is 543 g/mol. The van der Waals surface area contributed by atoms with Crippen molar-refractivity contribution in [2.24, 2.45) is 0 Å². The SMILES string of the molecule is COc1ccc(NC(=O)C(c2cc(C)ccc2C)N(C(=O)C(CS)NC(=O)OC(C)(C)C)C(C)(C)C)cc1. The maximum Gasteiger partial charge on any atom is 0.408 e. The molecule has 208 valence electrons. The van der Waals surface area contributed by atoms with Gasteiger partial charge >= 0.3 is 6.09 Å². The van der Waals surface area contributed by atoms with Gasteiger partial charge in [-0.2, -0.15) is 12.6 Å². The van der Waals surface area contributed by atoms with Crippen LogP contribution in [-0.2, 0) is 14.3 Å². The Morgan fingerprint density at radius 1 is 0.974 bits per heavy atom. The van der Waals surface area contributed by atoms with Crippen molar-refractivity contribution >= 4 is 36.2 Å². The summed E-state index contributed by atoms with van der Waals surface area (Å²) in [4.78, 5) is 42.1. The van der Waals surface area contributed by atoms with E-state index in [9.17, 15) is 14.4 Å². The fourth-order valence-corrected chi connectivity index (χ4v) is 4.23. The molecule has 2 atom stereocenters. The summed E-state index contributed by atoms with van der Waals surface area (Å²) in [5.41, 5.74) is 1.52. The molecule has 2 N–H and O–H groups in total. The second-order valence-electron chi connectivity index (χ2n) is 11.2. The summed E-state index contributed by atoms with van der Waals surface area (Å²) < 4.78 is 10.6. The number of rotatable bonds is 8. The number of hydrogen-bond acceptors (Lipinski definition) is 6. The van der Waals surface area contributed by atoms with Gasteiger partial charge in [-0.25, -0.2) is 4.79 Å². The first kappa shape index (κ1) is 31.0. The molecule has 8 nitrogen and oxygen atoms in total. The quantitative estimate of drug-likeness (QED) is 0.385. The summed E-state index contributed by atoms with van der Waals surface area (Å²) in [5, 5.41) is 5.59. The van der Waals surface area contributed by atoms with E-state index in [1.807, 2.05) is 52.8 Å². The largest absolute Gasteiger partial charge is 0.497 e. The number of amides is 3. The lowest BCUT2D eigenvalue weighted by Crippen LogP contribution is -2.58. The lowest BCUT2D eigenvalue weighted by atomic mass is 9.92. The molecule has 0 radical (unpaired) electrons. The zero-order valence-corrected chi connectivity index (χ0v) is 24.7. The van der Waals surface area contributed by atoms with Gasteiger partial charge < -0.3 is 25.0 Å².